The molecule has 1 unspecified atom stereocenters. The molecular weight excluding hydrogens is 188 g/mol. The molecule has 2 aliphatic heterocycles. The van der Waals surface area contributed by atoms with Crippen molar-refractivity contribution in [2.45, 2.75) is 12.3 Å². The van der Waals surface area contributed by atoms with Crippen LogP contribution in [-0.2, 0) is 4.79 Å². The molecule has 0 saturated heterocycles. The predicted molar refractivity (Wildman–Crippen MR) is 58.3 cm³/mol. The fraction of sp³-hybridized carbons (Fsp3) is 0.250. The summed E-state index contributed by atoms with van der Waals surface area (Å²) in [5, 5.41) is 6.54. The van der Waals surface area contributed by atoms with Crippen molar-refractivity contribution in [2.75, 3.05) is 11.9 Å². The number of hydrogen-bond acceptors (Lipinski definition) is 3. The van der Waals surface area contributed by atoms with Crippen LogP contribution in [-0.4, -0.2) is 12.8 Å². The van der Waals surface area contributed by atoms with Gasteiger partial charge in [0.15, 0.2) is 0 Å². The zero-order valence-electron chi connectivity index (χ0n) is 8.21. The first kappa shape index (κ1) is 8.53. The summed E-state index contributed by atoms with van der Waals surface area (Å²) < 4.78 is 0. The average Bonchev–Trinajstić information content (AvgIpc) is 2.67. The molecule has 3 heteroatoms. The topological polar surface area (TPSA) is 41.1 Å². The van der Waals surface area contributed by atoms with Crippen LogP contribution in [0.5, 0.6) is 0 Å². The van der Waals surface area contributed by atoms with E-state index in [0.29, 0.717) is 11.5 Å². The van der Waals surface area contributed by atoms with Crippen molar-refractivity contribution >= 4 is 12.0 Å². The minimum absolute atomic E-state index is 0.346. The first-order valence-electron chi connectivity index (χ1n) is 5.11. The van der Waals surface area contributed by atoms with Gasteiger partial charge < -0.3 is 10.6 Å². The number of fused-ring (bicyclic) bond motifs is 3. The van der Waals surface area contributed by atoms with E-state index in [9.17, 15) is 4.79 Å². The van der Waals surface area contributed by atoms with Crippen LogP contribution in [0.2, 0.25) is 0 Å². The van der Waals surface area contributed by atoms with Crippen molar-refractivity contribution in [3.05, 3.63) is 41.2 Å². The Hall–Kier alpha value is -1.77. The lowest BCUT2D eigenvalue weighted by molar-refractivity contribution is 0.561. The summed E-state index contributed by atoms with van der Waals surface area (Å²) in [6.07, 6.45) is 5.06. The molecule has 1 radical (unpaired) electrons. The Morgan fingerprint density at radius 1 is 1.40 bits per heavy atom. The van der Waals surface area contributed by atoms with Gasteiger partial charge in [0.25, 0.3) is 0 Å². The Morgan fingerprint density at radius 3 is 3.20 bits per heavy atom. The molecule has 15 heavy (non-hydrogen) atoms. The molecule has 3 nitrogen and oxygen atoms in total. The van der Waals surface area contributed by atoms with E-state index in [1.807, 2.05) is 30.7 Å². The summed E-state index contributed by atoms with van der Waals surface area (Å²) in [5.74, 6) is 0.346. The highest BCUT2D eigenvalue weighted by Crippen LogP contribution is 2.42. The van der Waals surface area contributed by atoms with Gasteiger partial charge in [-0.05, 0) is 18.1 Å². The molecule has 2 N–H and O–H groups in total. The van der Waals surface area contributed by atoms with Crippen LogP contribution in [0, 0.1) is 0 Å². The number of anilines is 1. The molecule has 0 saturated carbocycles. The predicted octanol–water partition coefficient (Wildman–Crippen LogP) is 1.49. The Labute approximate surface area is 88.2 Å². The summed E-state index contributed by atoms with van der Waals surface area (Å²) in [6, 6.07) is 5.73. The van der Waals surface area contributed by atoms with Crippen molar-refractivity contribution < 1.29 is 4.79 Å². The number of rotatable bonds is 1. The molecular formula is C12H11N2O. The molecule has 1 aromatic carbocycles. The second-order valence-electron chi connectivity index (χ2n) is 3.89. The van der Waals surface area contributed by atoms with Gasteiger partial charge in [-0.2, -0.15) is 0 Å². The number of benzene rings is 1. The van der Waals surface area contributed by atoms with Gasteiger partial charge in [-0.15, -0.1) is 0 Å². The molecule has 0 aromatic heterocycles. The van der Waals surface area contributed by atoms with Gasteiger partial charge in [-0.1, -0.05) is 12.1 Å². The normalized spacial score (nSPS) is 21.9. The molecule has 0 spiro atoms. The highest BCUT2D eigenvalue weighted by molar-refractivity contribution is 5.84. The quantitative estimate of drug-likeness (QED) is 0.720. The first-order valence-corrected chi connectivity index (χ1v) is 5.11. The van der Waals surface area contributed by atoms with Gasteiger partial charge in [0, 0.05) is 35.6 Å². The Morgan fingerprint density at radius 2 is 2.33 bits per heavy atom. The molecule has 3 rings (SSSR count). The lowest BCUT2D eigenvalue weighted by atomic mass is 9.90. The van der Waals surface area contributed by atoms with Gasteiger partial charge in [0.1, 0.15) is 0 Å². The fourth-order valence-corrected chi connectivity index (χ4v) is 2.38. The molecule has 0 fully saturated rings. The van der Waals surface area contributed by atoms with Crippen LogP contribution < -0.4 is 10.6 Å². The largest absolute Gasteiger partial charge is 0.389 e. The average molecular weight is 199 g/mol. The van der Waals surface area contributed by atoms with Gasteiger partial charge in [-0.3, -0.25) is 4.79 Å². The number of hydrogen-bond donors (Lipinski definition) is 2. The summed E-state index contributed by atoms with van der Waals surface area (Å²) in [7, 11) is 0. The third-order valence-electron chi connectivity index (χ3n) is 3.05. The van der Waals surface area contributed by atoms with Crippen molar-refractivity contribution in [1.29, 1.82) is 0 Å². The fourth-order valence-electron chi connectivity index (χ4n) is 2.38. The second kappa shape index (κ2) is 3.12. The lowest BCUT2D eigenvalue weighted by Gasteiger charge is -2.18. The van der Waals surface area contributed by atoms with Gasteiger partial charge in [0.05, 0.1) is 0 Å². The molecule has 1 aromatic rings. The number of allylic oxidation sites excluding steroid dienone is 1. The van der Waals surface area contributed by atoms with Crippen LogP contribution in [0.15, 0.2) is 30.1 Å². The lowest BCUT2D eigenvalue weighted by Crippen LogP contribution is -2.20. The van der Waals surface area contributed by atoms with Crippen molar-refractivity contribution in [3.63, 3.8) is 0 Å². The molecule has 0 bridgehead atoms. The maximum Gasteiger partial charge on any atom is 0.233 e. The van der Waals surface area contributed by atoms with E-state index in [-0.39, 0.29) is 0 Å². The molecule has 2 aliphatic rings. The standard InChI is InChI=1S/C12H11N2O/c15-7-8-2-1-3-10-12(8)9-4-5-13-6-11(9)14-10/h1-3,6,9,13-14H,4-5H2. The van der Waals surface area contributed by atoms with Gasteiger partial charge in [0.2, 0.25) is 6.29 Å². The molecule has 1 atom stereocenters. The van der Waals surface area contributed by atoms with E-state index >= 15 is 0 Å². The smallest absolute Gasteiger partial charge is 0.233 e. The van der Waals surface area contributed by atoms with Crippen LogP contribution in [0.1, 0.15) is 23.5 Å². The van der Waals surface area contributed by atoms with Crippen LogP contribution in [0.3, 0.4) is 0 Å². The van der Waals surface area contributed by atoms with Crippen molar-refractivity contribution in [3.8, 4) is 0 Å². The van der Waals surface area contributed by atoms with E-state index in [0.717, 1.165) is 24.2 Å². The van der Waals surface area contributed by atoms with Crippen molar-refractivity contribution in [2.24, 2.45) is 0 Å². The Kier molecular flexibility index (Phi) is 1.78. The van der Waals surface area contributed by atoms with Gasteiger partial charge in [-0.25, -0.2) is 0 Å². The maximum atomic E-state index is 10.9. The SMILES string of the molecule is O=[C]c1cccc2c1C1CCNC=C1N2. The third kappa shape index (κ3) is 1.16. The summed E-state index contributed by atoms with van der Waals surface area (Å²) in [4.78, 5) is 10.9. The van der Waals surface area contributed by atoms with E-state index in [1.165, 1.54) is 5.70 Å². The van der Waals surface area contributed by atoms with E-state index < -0.39 is 0 Å². The van der Waals surface area contributed by atoms with E-state index in [2.05, 4.69) is 10.6 Å². The van der Waals surface area contributed by atoms with E-state index in [4.69, 9.17) is 0 Å². The Bertz CT molecular complexity index is 451. The minimum Gasteiger partial charge on any atom is -0.389 e. The maximum absolute atomic E-state index is 10.9. The highest BCUT2D eigenvalue weighted by atomic mass is 16.1. The molecule has 0 aliphatic carbocycles. The summed E-state index contributed by atoms with van der Waals surface area (Å²) in [5.41, 5.74) is 4.02. The van der Waals surface area contributed by atoms with E-state index in [1.54, 1.807) is 0 Å². The number of nitrogens with one attached hydrogen (secondary N) is 2. The summed E-state index contributed by atoms with van der Waals surface area (Å²) >= 11 is 0. The van der Waals surface area contributed by atoms with Crippen LogP contribution in [0.4, 0.5) is 5.69 Å². The third-order valence-corrected chi connectivity index (χ3v) is 3.05. The summed E-state index contributed by atoms with van der Waals surface area (Å²) in [6.45, 7) is 0.961. The van der Waals surface area contributed by atoms with Gasteiger partial charge >= 0.3 is 0 Å². The Balaban J connectivity index is 2.17. The monoisotopic (exact) mass is 199 g/mol. The molecule has 0 amide bonds. The zero-order chi connectivity index (χ0) is 10.3. The zero-order valence-corrected chi connectivity index (χ0v) is 8.21. The van der Waals surface area contributed by atoms with Crippen LogP contribution in [0.25, 0.3) is 0 Å². The van der Waals surface area contributed by atoms with Crippen LogP contribution >= 0.6 is 0 Å². The highest BCUT2D eigenvalue weighted by Gasteiger charge is 2.30. The second-order valence-corrected chi connectivity index (χ2v) is 3.89. The molecule has 75 valence electrons. The number of carbonyl (C=O) groups excluding carboxylic acids is 1. The van der Waals surface area contributed by atoms with Crippen molar-refractivity contribution in [1.82, 2.24) is 5.32 Å². The first-order chi connectivity index (χ1) is 7.40. The minimum atomic E-state index is 0.346. The molecule has 2 heterocycles.